The Kier molecular flexibility index (Phi) is 5.92. The molecule has 0 saturated carbocycles. The first-order valence-corrected chi connectivity index (χ1v) is 12.7. The summed E-state index contributed by atoms with van der Waals surface area (Å²) in [5.74, 6) is 0.887. The molecule has 3 heteroatoms. The van der Waals surface area contributed by atoms with Crippen molar-refractivity contribution in [1.29, 1.82) is 0 Å². The summed E-state index contributed by atoms with van der Waals surface area (Å²) >= 11 is 0. The van der Waals surface area contributed by atoms with Gasteiger partial charge in [0.1, 0.15) is 18.2 Å². The van der Waals surface area contributed by atoms with E-state index in [4.69, 9.17) is 11.0 Å². The van der Waals surface area contributed by atoms with E-state index < -0.39 is 0 Å². The van der Waals surface area contributed by atoms with Crippen LogP contribution < -0.4 is 4.57 Å². The number of furan rings is 1. The summed E-state index contributed by atoms with van der Waals surface area (Å²) in [6.07, 6.45) is 0. The fourth-order valence-corrected chi connectivity index (χ4v) is 5.11. The largest absolute Gasteiger partial charge is 0.456 e. The average molecular weight is 474 g/mol. The zero-order chi connectivity index (χ0) is 25.7. The zero-order valence-electron chi connectivity index (χ0n) is 22.2. The first-order chi connectivity index (χ1) is 17.2. The molecule has 0 aliphatic heterocycles. The fraction of sp³-hybridized carbons (Fsp3) is 0.273. The molecule has 3 nitrogen and oxygen atoms in total. The van der Waals surface area contributed by atoms with Gasteiger partial charge in [0.2, 0.25) is 5.69 Å². The third-order valence-corrected chi connectivity index (χ3v) is 7.47. The molecule has 0 unspecified atom stereocenters. The van der Waals surface area contributed by atoms with Gasteiger partial charge in [0.15, 0.2) is 11.4 Å². The molecule has 2 heterocycles. The van der Waals surface area contributed by atoms with E-state index in [0.29, 0.717) is 17.5 Å². The van der Waals surface area contributed by atoms with Gasteiger partial charge in [0.25, 0.3) is 0 Å². The van der Waals surface area contributed by atoms with E-state index in [-0.39, 0.29) is 0 Å². The summed E-state index contributed by atoms with van der Waals surface area (Å²) in [5, 5.41) is 2.12. The van der Waals surface area contributed by atoms with Crippen LogP contribution in [-0.4, -0.2) is 0 Å². The van der Waals surface area contributed by atoms with Gasteiger partial charge in [-0.05, 0) is 41.0 Å². The second-order valence-corrected chi connectivity index (χ2v) is 10.5. The molecule has 5 rings (SSSR count). The SMILES string of the molecule is [C-]#[N+]c1ccc2c(oc3c(-c4cc(C(C)C)cc(C)[n+]4C)c(C)ccc32)c1-c1ccc(C(C)C)cc1. The lowest BCUT2D eigenvalue weighted by Crippen LogP contribution is -2.35. The van der Waals surface area contributed by atoms with Crippen molar-refractivity contribution in [3.8, 4) is 22.4 Å². The van der Waals surface area contributed by atoms with Crippen LogP contribution in [0.1, 0.15) is 61.9 Å². The molecule has 2 aromatic heterocycles. The number of benzene rings is 3. The van der Waals surface area contributed by atoms with E-state index in [1.54, 1.807) is 0 Å². The lowest BCUT2D eigenvalue weighted by molar-refractivity contribution is -0.666. The molecule has 36 heavy (non-hydrogen) atoms. The molecule has 0 aliphatic rings. The van der Waals surface area contributed by atoms with Gasteiger partial charge in [-0.3, -0.25) is 0 Å². The summed E-state index contributed by atoms with van der Waals surface area (Å²) in [5.41, 5.74) is 11.4. The lowest BCUT2D eigenvalue weighted by Gasteiger charge is -2.11. The van der Waals surface area contributed by atoms with Crippen LogP contribution in [0.3, 0.4) is 0 Å². The minimum atomic E-state index is 0.431. The summed E-state index contributed by atoms with van der Waals surface area (Å²) < 4.78 is 9.01. The molecule has 0 atom stereocenters. The first-order valence-electron chi connectivity index (χ1n) is 12.7. The third kappa shape index (κ3) is 3.78. The molecule has 0 spiro atoms. The van der Waals surface area contributed by atoms with E-state index in [1.807, 2.05) is 12.1 Å². The molecule has 0 saturated heterocycles. The van der Waals surface area contributed by atoms with Crippen molar-refractivity contribution in [2.75, 3.05) is 0 Å². The van der Waals surface area contributed by atoms with Crippen LogP contribution in [0.2, 0.25) is 0 Å². The van der Waals surface area contributed by atoms with Crippen molar-refractivity contribution in [3.05, 3.63) is 94.5 Å². The lowest BCUT2D eigenvalue weighted by atomic mass is 9.95. The van der Waals surface area contributed by atoms with E-state index in [9.17, 15) is 0 Å². The summed E-state index contributed by atoms with van der Waals surface area (Å²) in [7, 11) is 2.12. The third-order valence-electron chi connectivity index (χ3n) is 7.47. The highest BCUT2D eigenvalue weighted by Crippen LogP contribution is 2.44. The highest BCUT2D eigenvalue weighted by Gasteiger charge is 2.25. The molecule has 180 valence electrons. The standard InChI is InChI=1S/C33H33N2O/c1-19(2)23-10-12-24(13-11-23)31-28(34-7)16-15-27-26-14-9-21(5)30(32(26)36-33(27)31)29-18-25(20(3)4)17-22(6)35(29)8/h9-20H,1-6,8H3/q+1. The molecule has 0 aliphatic carbocycles. The summed E-state index contributed by atoms with van der Waals surface area (Å²) in [6.45, 7) is 21.0. The Bertz CT molecular complexity index is 1660. The maximum atomic E-state index is 7.86. The number of fused-ring (bicyclic) bond motifs is 3. The predicted octanol–water partition coefficient (Wildman–Crippen LogP) is 9.16. The second kappa shape index (κ2) is 8.95. The van der Waals surface area contributed by atoms with E-state index in [0.717, 1.165) is 44.3 Å². The van der Waals surface area contributed by atoms with Gasteiger partial charge in [-0.1, -0.05) is 76.2 Å². The Morgan fingerprint density at radius 3 is 1.97 bits per heavy atom. The first kappa shape index (κ1) is 23.8. The van der Waals surface area contributed by atoms with E-state index >= 15 is 0 Å². The van der Waals surface area contributed by atoms with E-state index in [1.165, 1.54) is 22.4 Å². The Morgan fingerprint density at radius 2 is 1.36 bits per heavy atom. The van der Waals surface area contributed by atoms with Crippen LogP contribution in [0.5, 0.6) is 0 Å². The van der Waals surface area contributed by atoms with Gasteiger partial charge in [-0.15, -0.1) is 0 Å². The Hall–Kier alpha value is -3.90. The number of aryl methyl sites for hydroxylation is 2. The minimum Gasteiger partial charge on any atom is -0.456 e. The molecule has 0 bridgehead atoms. The van der Waals surface area contributed by atoms with E-state index in [2.05, 4.69) is 107 Å². The van der Waals surface area contributed by atoms with Crippen molar-refractivity contribution in [2.24, 2.45) is 7.05 Å². The van der Waals surface area contributed by atoms with Crippen LogP contribution >= 0.6 is 0 Å². The van der Waals surface area contributed by atoms with Crippen LogP contribution in [0.25, 0.3) is 49.2 Å². The molecule has 5 aromatic rings. The predicted molar refractivity (Wildman–Crippen MR) is 150 cm³/mol. The monoisotopic (exact) mass is 473 g/mol. The number of pyridine rings is 1. The topological polar surface area (TPSA) is 21.4 Å². The highest BCUT2D eigenvalue weighted by atomic mass is 16.3. The number of hydrogen-bond donors (Lipinski definition) is 0. The Morgan fingerprint density at radius 1 is 0.750 bits per heavy atom. The van der Waals surface area contributed by atoms with Crippen molar-refractivity contribution >= 4 is 27.6 Å². The van der Waals surface area contributed by atoms with Crippen LogP contribution in [0, 0.1) is 20.4 Å². The second-order valence-electron chi connectivity index (χ2n) is 10.5. The summed E-state index contributed by atoms with van der Waals surface area (Å²) in [6, 6.07) is 21.4. The van der Waals surface area contributed by atoms with Crippen LogP contribution in [0.15, 0.2) is 65.1 Å². The van der Waals surface area contributed by atoms with Gasteiger partial charge in [-0.25, -0.2) is 4.85 Å². The quantitative estimate of drug-likeness (QED) is 0.188. The minimum absolute atomic E-state index is 0.431. The fourth-order valence-electron chi connectivity index (χ4n) is 5.11. The molecular weight excluding hydrogens is 440 g/mol. The Labute approximate surface area is 213 Å². The molecular formula is C33H33N2O+. The summed E-state index contributed by atoms with van der Waals surface area (Å²) in [4.78, 5) is 3.87. The maximum Gasteiger partial charge on any atom is 0.216 e. The molecule has 0 N–H and O–H groups in total. The van der Waals surface area contributed by atoms with Gasteiger partial charge >= 0.3 is 0 Å². The van der Waals surface area contributed by atoms with Crippen LogP contribution in [0.4, 0.5) is 5.69 Å². The molecule has 0 fully saturated rings. The zero-order valence-corrected chi connectivity index (χ0v) is 22.2. The average Bonchev–Trinajstić information content (AvgIpc) is 3.23. The smallest absolute Gasteiger partial charge is 0.216 e. The maximum absolute atomic E-state index is 7.86. The van der Waals surface area contributed by atoms with Crippen molar-refractivity contribution in [2.45, 2.75) is 53.4 Å². The number of rotatable bonds is 4. The van der Waals surface area contributed by atoms with Crippen molar-refractivity contribution in [3.63, 3.8) is 0 Å². The van der Waals surface area contributed by atoms with Gasteiger partial charge < -0.3 is 4.42 Å². The van der Waals surface area contributed by atoms with Gasteiger partial charge in [0.05, 0.1) is 12.1 Å². The highest BCUT2D eigenvalue weighted by molar-refractivity contribution is 6.15. The molecule has 0 radical (unpaired) electrons. The normalized spacial score (nSPS) is 11.7. The Balaban J connectivity index is 1.85. The number of nitrogens with zero attached hydrogens (tertiary/aromatic N) is 2. The van der Waals surface area contributed by atoms with Crippen molar-refractivity contribution < 1.29 is 8.98 Å². The van der Waals surface area contributed by atoms with Crippen LogP contribution in [-0.2, 0) is 7.05 Å². The number of aromatic nitrogens is 1. The van der Waals surface area contributed by atoms with Gasteiger partial charge in [0, 0.05) is 35.4 Å². The van der Waals surface area contributed by atoms with Gasteiger partial charge in [-0.2, -0.15) is 4.57 Å². The van der Waals surface area contributed by atoms with Crippen molar-refractivity contribution in [1.82, 2.24) is 0 Å². The molecule has 3 aromatic carbocycles. The molecule has 0 amide bonds. The number of hydrogen-bond acceptors (Lipinski definition) is 1.